The summed E-state index contributed by atoms with van der Waals surface area (Å²) in [5.41, 5.74) is 2.65. The zero-order valence-corrected chi connectivity index (χ0v) is 14.7. The van der Waals surface area contributed by atoms with Crippen molar-refractivity contribution in [2.75, 3.05) is 26.2 Å². The maximum Gasteiger partial charge on any atom is 0.246 e. The van der Waals surface area contributed by atoms with Gasteiger partial charge in [-0.15, -0.1) is 10.2 Å². The van der Waals surface area contributed by atoms with Crippen LogP contribution >= 0.6 is 0 Å². The second-order valence-corrected chi connectivity index (χ2v) is 6.70. The highest BCUT2D eigenvalue weighted by atomic mass is 16.5. The van der Waals surface area contributed by atoms with Crippen LogP contribution in [0.4, 0.5) is 0 Å². The highest BCUT2D eigenvalue weighted by molar-refractivity contribution is 5.21. The molecule has 0 unspecified atom stereocenters. The summed E-state index contributed by atoms with van der Waals surface area (Å²) < 4.78 is 11.6. The average Bonchev–Trinajstić information content (AvgIpc) is 3.07. The van der Waals surface area contributed by atoms with E-state index in [0.29, 0.717) is 18.4 Å². The number of hydrogen-bond donors (Lipinski definition) is 0. The highest BCUT2D eigenvalue weighted by Gasteiger charge is 2.26. The van der Waals surface area contributed by atoms with Crippen molar-refractivity contribution >= 4 is 0 Å². The number of pyridine rings is 1. The lowest BCUT2D eigenvalue weighted by molar-refractivity contribution is -0.0433. The molecule has 0 radical (unpaired) electrons. The van der Waals surface area contributed by atoms with Gasteiger partial charge >= 0.3 is 0 Å². The van der Waals surface area contributed by atoms with Gasteiger partial charge in [0.1, 0.15) is 6.10 Å². The fourth-order valence-electron chi connectivity index (χ4n) is 2.92. The Labute approximate surface area is 143 Å². The maximum absolute atomic E-state index is 5.82. The molecule has 1 aliphatic rings. The predicted octanol–water partition coefficient (Wildman–Crippen LogP) is 2.90. The number of ether oxygens (including phenoxy) is 1. The first-order valence-corrected chi connectivity index (χ1v) is 8.70. The minimum Gasteiger partial charge on any atom is -0.422 e. The van der Waals surface area contributed by atoms with E-state index in [0.717, 1.165) is 32.5 Å². The molecule has 0 N–H and O–H groups in total. The molecule has 0 bridgehead atoms. The lowest BCUT2D eigenvalue weighted by Crippen LogP contribution is -2.39. The molecule has 0 spiro atoms. The van der Waals surface area contributed by atoms with Crippen LogP contribution in [0.5, 0.6) is 0 Å². The number of morpholine rings is 1. The van der Waals surface area contributed by atoms with E-state index in [1.165, 1.54) is 11.1 Å². The van der Waals surface area contributed by atoms with Gasteiger partial charge in [0.05, 0.1) is 6.61 Å². The van der Waals surface area contributed by atoms with Crippen LogP contribution in [0.25, 0.3) is 0 Å². The smallest absolute Gasteiger partial charge is 0.246 e. The van der Waals surface area contributed by atoms with Crippen molar-refractivity contribution in [3.8, 4) is 0 Å². The van der Waals surface area contributed by atoms with Gasteiger partial charge in [0.25, 0.3) is 0 Å². The van der Waals surface area contributed by atoms with Crippen molar-refractivity contribution in [2.45, 2.75) is 45.6 Å². The van der Waals surface area contributed by atoms with E-state index in [9.17, 15) is 0 Å². The molecule has 1 saturated heterocycles. The maximum atomic E-state index is 5.82. The first kappa shape index (κ1) is 17.0. The summed E-state index contributed by atoms with van der Waals surface area (Å²) in [4.78, 5) is 6.63. The van der Waals surface area contributed by atoms with Crippen molar-refractivity contribution in [1.82, 2.24) is 20.1 Å². The third kappa shape index (κ3) is 4.19. The van der Waals surface area contributed by atoms with Gasteiger partial charge in [-0.25, -0.2) is 0 Å². The van der Waals surface area contributed by atoms with Gasteiger partial charge in [-0.3, -0.25) is 9.88 Å². The summed E-state index contributed by atoms with van der Waals surface area (Å²) in [5, 5.41) is 8.26. The Kier molecular flexibility index (Phi) is 5.58. The second kappa shape index (κ2) is 7.85. The Bertz CT molecular complexity index is 656. The van der Waals surface area contributed by atoms with Gasteiger partial charge in [-0.05, 0) is 43.5 Å². The molecule has 0 aliphatic carbocycles. The molecular formula is C18H26N4O2. The van der Waals surface area contributed by atoms with E-state index in [2.05, 4.69) is 33.1 Å². The van der Waals surface area contributed by atoms with E-state index >= 15 is 0 Å². The molecule has 3 heterocycles. The van der Waals surface area contributed by atoms with Crippen LogP contribution in [-0.4, -0.2) is 46.3 Å². The van der Waals surface area contributed by atoms with Crippen molar-refractivity contribution < 1.29 is 9.15 Å². The number of hydrogen-bond acceptors (Lipinski definition) is 6. The molecule has 3 rings (SSSR count). The fourth-order valence-corrected chi connectivity index (χ4v) is 2.92. The zero-order valence-electron chi connectivity index (χ0n) is 14.7. The van der Waals surface area contributed by atoms with Crippen molar-refractivity contribution in [2.24, 2.45) is 0 Å². The van der Waals surface area contributed by atoms with E-state index in [1.807, 2.05) is 26.2 Å². The van der Waals surface area contributed by atoms with Crippen LogP contribution in [0.3, 0.4) is 0 Å². The van der Waals surface area contributed by atoms with Crippen LogP contribution in [0.1, 0.15) is 55.2 Å². The van der Waals surface area contributed by atoms with Crippen LogP contribution < -0.4 is 0 Å². The molecule has 24 heavy (non-hydrogen) atoms. The Morgan fingerprint density at radius 3 is 2.96 bits per heavy atom. The summed E-state index contributed by atoms with van der Waals surface area (Å²) in [6.45, 7) is 9.75. The van der Waals surface area contributed by atoms with Gasteiger partial charge in [-0.1, -0.05) is 13.8 Å². The van der Waals surface area contributed by atoms with Gasteiger partial charge in [0, 0.05) is 31.4 Å². The molecule has 1 atom stereocenters. The molecule has 2 aromatic heterocycles. The standard InChI is InChI=1S/C18H26N4O2/c1-13(2)17-20-21-18(24-17)16-12-22(9-10-23-16)8-4-5-15-11-19-7-6-14(15)3/h6-7,11,13,16H,4-5,8-10,12H2,1-3H3/t16-/m0/s1. The van der Waals surface area contributed by atoms with Crippen molar-refractivity contribution in [3.63, 3.8) is 0 Å². The summed E-state index contributed by atoms with van der Waals surface area (Å²) in [7, 11) is 0. The van der Waals surface area contributed by atoms with Crippen LogP contribution in [0.2, 0.25) is 0 Å². The monoisotopic (exact) mass is 330 g/mol. The third-order valence-electron chi connectivity index (χ3n) is 4.44. The number of rotatable bonds is 6. The largest absolute Gasteiger partial charge is 0.422 e. The molecule has 1 aliphatic heterocycles. The van der Waals surface area contributed by atoms with Crippen LogP contribution in [0.15, 0.2) is 22.9 Å². The minimum atomic E-state index is -0.112. The van der Waals surface area contributed by atoms with E-state index in [4.69, 9.17) is 9.15 Å². The topological polar surface area (TPSA) is 64.3 Å². The van der Waals surface area contributed by atoms with Gasteiger partial charge in [0.2, 0.25) is 11.8 Å². The average molecular weight is 330 g/mol. The number of aryl methyl sites for hydroxylation is 2. The molecule has 0 saturated carbocycles. The molecule has 130 valence electrons. The number of nitrogens with zero attached hydrogens (tertiary/aromatic N) is 4. The first-order valence-electron chi connectivity index (χ1n) is 8.70. The lowest BCUT2D eigenvalue weighted by atomic mass is 10.1. The Balaban J connectivity index is 1.51. The highest BCUT2D eigenvalue weighted by Crippen LogP contribution is 2.23. The fraction of sp³-hybridized carbons (Fsp3) is 0.611. The van der Waals surface area contributed by atoms with Gasteiger partial charge < -0.3 is 9.15 Å². The first-order chi connectivity index (χ1) is 11.6. The quantitative estimate of drug-likeness (QED) is 0.811. The second-order valence-electron chi connectivity index (χ2n) is 6.70. The Hall–Kier alpha value is -1.79. The Morgan fingerprint density at radius 2 is 2.21 bits per heavy atom. The third-order valence-corrected chi connectivity index (χ3v) is 4.44. The van der Waals surface area contributed by atoms with E-state index in [1.54, 1.807) is 0 Å². The van der Waals surface area contributed by atoms with Crippen LogP contribution in [-0.2, 0) is 11.2 Å². The van der Waals surface area contributed by atoms with Gasteiger partial charge in [-0.2, -0.15) is 0 Å². The normalized spacial score (nSPS) is 19.1. The summed E-state index contributed by atoms with van der Waals surface area (Å²) in [5.74, 6) is 1.53. The number of aromatic nitrogens is 3. The Morgan fingerprint density at radius 1 is 1.33 bits per heavy atom. The SMILES string of the molecule is Cc1ccncc1CCCN1CCO[C@H](c2nnc(C(C)C)o2)C1. The minimum absolute atomic E-state index is 0.112. The predicted molar refractivity (Wildman–Crippen MR) is 90.8 cm³/mol. The molecule has 0 aromatic carbocycles. The summed E-state index contributed by atoms with van der Waals surface area (Å²) >= 11 is 0. The molecule has 2 aromatic rings. The summed E-state index contributed by atoms with van der Waals surface area (Å²) in [6.07, 6.45) is 5.88. The van der Waals surface area contributed by atoms with Crippen molar-refractivity contribution in [1.29, 1.82) is 0 Å². The van der Waals surface area contributed by atoms with E-state index in [-0.39, 0.29) is 12.0 Å². The zero-order chi connectivity index (χ0) is 16.9. The molecule has 1 fully saturated rings. The molecule has 0 amide bonds. The van der Waals surface area contributed by atoms with Crippen LogP contribution in [0, 0.1) is 6.92 Å². The lowest BCUT2D eigenvalue weighted by Gasteiger charge is -2.31. The van der Waals surface area contributed by atoms with Gasteiger partial charge in [0.15, 0.2) is 0 Å². The van der Waals surface area contributed by atoms with E-state index < -0.39 is 0 Å². The van der Waals surface area contributed by atoms with Crippen molar-refractivity contribution in [3.05, 3.63) is 41.4 Å². The molecule has 6 heteroatoms. The summed E-state index contributed by atoms with van der Waals surface area (Å²) in [6, 6.07) is 2.07. The molecule has 6 nitrogen and oxygen atoms in total. The molecular weight excluding hydrogens is 304 g/mol.